The van der Waals surface area contributed by atoms with E-state index in [1.54, 1.807) is 0 Å². The lowest BCUT2D eigenvalue weighted by molar-refractivity contribution is 0.0965. The molecule has 1 amide bonds. The number of carbonyl (C=O) groups excluding carboxylic acids is 1. The molecule has 0 atom stereocenters. The van der Waals surface area contributed by atoms with E-state index in [0.29, 0.717) is 6.54 Å². The standard InChI is InChI=1S/C20H24INO2Si/c1-20(2,3)25(4,5)24-14-8-6-13(7-9-14)15-10-11-17(21)18-16(15)12-22-19(18)23/h6-11H,12H2,1-5H3,(H,22,23). The zero-order chi connectivity index (χ0) is 18.4. The van der Waals surface area contributed by atoms with Crippen molar-refractivity contribution in [3.63, 3.8) is 0 Å². The number of halogens is 1. The molecular weight excluding hydrogens is 441 g/mol. The molecule has 132 valence electrons. The lowest BCUT2D eigenvalue weighted by Gasteiger charge is -2.36. The van der Waals surface area contributed by atoms with Crippen LogP contribution in [0.1, 0.15) is 36.7 Å². The van der Waals surface area contributed by atoms with Gasteiger partial charge in [0.2, 0.25) is 8.32 Å². The van der Waals surface area contributed by atoms with Gasteiger partial charge in [0.25, 0.3) is 5.91 Å². The van der Waals surface area contributed by atoms with Crippen molar-refractivity contribution >= 4 is 36.8 Å². The van der Waals surface area contributed by atoms with E-state index in [1.165, 1.54) is 0 Å². The number of hydrogen-bond acceptors (Lipinski definition) is 2. The number of rotatable bonds is 3. The molecule has 2 aromatic rings. The Morgan fingerprint density at radius 3 is 2.32 bits per heavy atom. The molecule has 1 heterocycles. The molecule has 0 unspecified atom stereocenters. The minimum absolute atomic E-state index is 0.0270. The molecule has 0 saturated carbocycles. The summed E-state index contributed by atoms with van der Waals surface area (Å²) in [4.78, 5) is 12.0. The number of nitrogens with one attached hydrogen (secondary N) is 1. The molecule has 2 aromatic carbocycles. The molecule has 1 aliphatic heterocycles. The molecule has 0 radical (unpaired) electrons. The maximum atomic E-state index is 12.0. The highest BCUT2D eigenvalue weighted by atomic mass is 127. The van der Waals surface area contributed by atoms with Crippen molar-refractivity contribution in [3.8, 4) is 16.9 Å². The largest absolute Gasteiger partial charge is 0.544 e. The molecule has 5 heteroatoms. The zero-order valence-electron chi connectivity index (χ0n) is 15.4. The molecule has 3 rings (SSSR count). The smallest absolute Gasteiger partial charge is 0.252 e. The van der Waals surface area contributed by atoms with Crippen LogP contribution in [0.3, 0.4) is 0 Å². The van der Waals surface area contributed by atoms with E-state index in [4.69, 9.17) is 4.43 Å². The molecule has 0 fully saturated rings. The molecule has 0 aromatic heterocycles. The second-order valence-corrected chi connectivity index (χ2v) is 13.9. The van der Waals surface area contributed by atoms with E-state index in [1.807, 2.05) is 18.2 Å². The topological polar surface area (TPSA) is 38.3 Å². The first-order valence-electron chi connectivity index (χ1n) is 8.49. The molecule has 1 aliphatic rings. The third-order valence-corrected chi connectivity index (χ3v) is 10.5. The number of benzene rings is 2. The summed E-state index contributed by atoms with van der Waals surface area (Å²) in [6.07, 6.45) is 0. The van der Waals surface area contributed by atoms with E-state index in [2.05, 4.69) is 80.0 Å². The van der Waals surface area contributed by atoms with Crippen LogP contribution in [0, 0.1) is 3.57 Å². The lowest BCUT2D eigenvalue weighted by atomic mass is 9.97. The Morgan fingerprint density at radius 2 is 1.72 bits per heavy atom. The van der Waals surface area contributed by atoms with Crippen LogP contribution in [0.5, 0.6) is 5.75 Å². The van der Waals surface area contributed by atoms with Crippen LogP contribution < -0.4 is 9.74 Å². The van der Waals surface area contributed by atoms with Gasteiger partial charge in [0.05, 0.1) is 5.56 Å². The van der Waals surface area contributed by atoms with Gasteiger partial charge in [0, 0.05) is 10.1 Å². The number of hydrogen-bond donors (Lipinski definition) is 1. The maximum Gasteiger partial charge on any atom is 0.252 e. The zero-order valence-corrected chi connectivity index (χ0v) is 18.5. The quantitative estimate of drug-likeness (QED) is 0.475. The van der Waals surface area contributed by atoms with Gasteiger partial charge in [0.15, 0.2) is 0 Å². The van der Waals surface area contributed by atoms with Gasteiger partial charge in [-0.2, -0.15) is 0 Å². The van der Waals surface area contributed by atoms with Crippen LogP contribution in [0.4, 0.5) is 0 Å². The Morgan fingerprint density at radius 1 is 1.08 bits per heavy atom. The molecule has 25 heavy (non-hydrogen) atoms. The van der Waals surface area contributed by atoms with Crippen molar-refractivity contribution in [1.82, 2.24) is 5.32 Å². The van der Waals surface area contributed by atoms with Gasteiger partial charge >= 0.3 is 0 Å². The second-order valence-electron chi connectivity index (χ2n) is 8.02. The Hall–Kier alpha value is -1.34. The van der Waals surface area contributed by atoms with Crippen LogP contribution in [0.2, 0.25) is 18.1 Å². The second kappa shape index (κ2) is 6.43. The average Bonchev–Trinajstić information content (AvgIpc) is 2.90. The van der Waals surface area contributed by atoms with Crippen molar-refractivity contribution in [2.75, 3.05) is 0 Å². The van der Waals surface area contributed by atoms with Crippen LogP contribution in [-0.4, -0.2) is 14.2 Å². The summed E-state index contributed by atoms with van der Waals surface area (Å²) in [6, 6.07) is 12.4. The fourth-order valence-electron chi connectivity index (χ4n) is 2.73. The van der Waals surface area contributed by atoms with Gasteiger partial charge in [-0.15, -0.1) is 0 Å². The molecule has 0 aliphatic carbocycles. The Labute approximate surface area is 164 Å². The highest BCUT2D eigenvalue weighted by molar-refractivity contribution is 14.1. The van der Waals surface area contributed by atoms with Crippen molar-refractivity contribution < 1.29 is 9.22 Å². The molecule has 3 nitrogen and oxygen atoms in total. The normalized spacial score (nSPS) is 14.2. The third kappa shape index (κ3) is 3.49. The minimum atomic E-state index is -1.83. The van der Waals surface area contributed by atoms with E-state index in [-0.39, 0.29) is 10.9 Å². The Kier molecular flexibility index (Phi) is 4.74. The van der Waals surface area contributed by atoms with Crippen LogP contribution in [0.15, 0.2) is 36.4 Å². The maximum absolute atomic E-state index is 12.0. The van der Waals surface area contributed by atoms with Gasteiger partial charge in [-0.3, -0.25) is 4.79 Å². The lowest BCUT2D eigenvalue weighted by Crippen LogP contribution is -2.43. The first kappa shape index (κ1) is 18.4. The summed E-state index contributed by atoms with van der Waals surface area (Å²) in [6.45, 7) is 11.8. The first-order chi connectivity index (χ1) is 11.6. The van der Waals surface area contributed by atoms with Gasteiger partial charge in [-0.05, 0) is 75.6 Å². The fraction of sp³-hybridized carbons (Fsp3) is 0.350. The van der Waals surface area contributed by atoms with Crippen LogP contribution in [0.25, 0.3) is 11.1 Å². The summed E-state index contributed by atoms with van der Waals surface area (Å²) < 4.78 is 7.36. The third-order valence-electron chi connectivity index (χ3n) is 5.26. The van der Waals surface area contributed by atoms with Crippen molar-refractivity contribution in [2.45, 2.75) is 45.4 Å². The fourth-order valence-corrected chi connectivity index (χ4v) is 4.51. The van der Waals surface area contributed by atoms with Crippen LogP contribution >= 0.6 is 22.6 Å². The summed E-state index contributed by atoms with van der Waals surface area (Å²) in [5.41, 5.74) is 4.15. The molecule has 1 N–H and O–H groups in total. The highest BCUT2D eigenvalue weighted by Crippen LogP contribution is 2.38. The minimum Gasteiger partial charge on any atom is -0.544 e. The first-order valence-corrected chi connectivity index (χ1v) is 12.5. The van der Waals surface area contributed by atoms with E-state index in [9.17, 15) is 4.79 Å². The Bertz CT molecular complexity index is 823. The average molecular weight is 465 g/mol. The number of carbonyl (C=O) groups is 1. The Balaban J connectivity index is 1.91. The summed E-state index contributed by atoms with van der Waals surface area (Å²) in [7, 11) is -1.83. The molecular formula is C20H24INO2Si. The van der Waals surface area contributed by atoms with Crippen LogP contribution in [-0.2, 0) is 6.54 Å². The molecule has 0 bridgehead atoms. The summed E-state index contributed by atoms with van der Waals surface area (Å²) in [5.74, 6) is 0.950. The molecule has 0 saturated heterocycles. The van der Waals surface area contributed by atoms with E-state index < -0.39 is 8.32 Å². The number of fused-ring (bicyclic) bond motifs is 1. The molecule has 0 spiro atoms. The summed E-state index contributed by atoms with van der Waals surface area (Å²) in [5, 5.41) is 3.11. The number of amides is 1. The van der Waals surface area contributed by atoms with Crippen molar-refractivity contribution in [2.24, 2.45) is 0 Å². The predicted octanol–water partition coefficient (Wildman–Crippen LogP) is 5.59. The highest BCUT2D eigenvalue weighted by Gasteiger charge is 2.38. The van der Waals surface area contributed by atoms with Gasteiger partial charge in [-0.25, -0.2) is 0 Å². The van der Waals surface area contributed by atoms with Crippen molar-refractivity contribution in [1.29, 1.82) is 0 Å². The SMILES string of the molecule is CC(C)(C)[Si](C)(C)Oc1ccc(-c2ccc(I)c3c2CNC3=O)cc1. The monoisotopic (exact) mass is 465 g/mol. The van der Waals surface area contributed by atoms with Crippen molar-refractivity contribution in [3.05, 3.63) is 51.1 Å². The summed E-state index contributed by atoms with van der Waals surface area (Å²) >= 11 is 2.23. The van der Waals surface area contributed by atoms with Gasteiger partial charge in [0.1, 0.15) is 5.75 Å². The predicted molar refractivity (Wildman–Crippen MR) is 114 cm³/mol. The van der Waals surface area contributed by atoms with Gasteiger partial charge in [-0.1, -0.05) is 39.0 Å². The van der Waals surface area contributed by atoms with E-state index >= 15 is 0 Å². The van der Waals surface area contributed by atoms with E-state index in [0.717, 1.165) is 31.6 Å². The van der Waals surface area contributed by atoms with Gasteiger partial charge < -0.3 is 9.74 Å².